The molecule has 4 atom stereocenters. The highest BCUT2D eigenvalue weighted by Crippen LogP contribution is 2.41. The lowest BCUT2D eigenvalue weighted by molar-refractivity contribution is -0.155. The smallest absolute Gasteiger partial charge is 0.306 e. The molecule has 1 fully saturated rings. The third-order valence-corrected chi connectivity index (χ3v) is 15.2. The third-order valence-electron chi connectivity index (χ3n) is 10.1. The molecule has 0 radical (unpaired) electrons. The Kier molecular flexibility index (Phi) is 16.7. The number of Topliss-reactive ketones (excluding diaryl/α,β-unsaturated/α-hetero) is 1. The van der Waals surface area contributed by atoms with Crippen molar-refractivity contribution in [2.24, 2.45) is 5.41 Å². The first-order valence-corrected chi connectivity index (χ1v) is 21.4. The predicted octanol–water partition coefficient (Wildman–Crippen LogP) is 8.78. The zero-order valence-electron chi connectivity index (χ0n) is 33.9. The van der Waals surface area contributed by atoms with Crippen molar-refractivity contribution in [3.63, 3.8) is 0 Å². The number of aliphatic hydroxyl groups is 1. The molecule has 7 nitrogen and oxygen atoms in total. The van der Waals surface area contributed by atoms with E-state index in [1.807, 2.05) is 32.9 Å². The molecule has 0 unspecified atom stereocenters. The van der Waals surface area contributed by atoms with E-state index in [9.17, 15) is 14.7 Å². The van der Waals surface area contributed by atoms with E-state index < -0.39 is 37.7 Å². The van der Waals surface area contributed by atoms with Crippen LogP contribution < -0.4 is 10.4 Å². The Labute approximate surface area is 321 Å². The summed E-state index contributed by atoms with van der Waals surface area (Å²) < 4.78 is 26.6. The van der Waals surface area contributed by atoms with Gasteiger partial charge in [0.2, 0.25) is 0 Å². The average molecular weight is 747 g/mol. The van der Waals surface area contributed by atoms with Crippen molar-refractivity contribution in [3.8, 4) is 0 Å². The molecule has 2 aromatic carbocycles. The highest BCUT2D eigenvalue weighted by atomic mass is 28.4. The summed E-state index contributed by atoms with van der Waals surface area (Å²) in [5, 5.41) is 11.5. The highest BCUT2D eigenvalue weighted by molar-refractivity contribution is 6.99. The topological polar surface area (TPSA) is 91.3 Å². The quantitative estimate of drug-likeness (QED) is 0.0449. The normalized spacial score (nSPS) is 19.2. The number of hydrogen-bond donors (Lipinski definition) is 1. The second-order valence-electron chi connectivity index (χ2n) is 16.4. The Bertz CT molecular complexity index is 1470. The van der Waals surface area contributed by atoms with Crippen LogP contribution >= 0.6 is 0 Å². The molecular formula is C45H66O7Si. The fourth-order valence-corrected chi connectivity index (χ4v) is 12.1. The number of aliphatic hydroxyl groups excluding tert-OH is 1. The molecule has 0 aliphatic carbocycles. The molecule has 0 saturated carbocycles. The van der Waals surface area contributed by atoms with E-state index in [0.29, 0.717) is 18.4 Å². The monoisotopic (exact) mass is 746 g/mol. The van der Waals surface area contributed by atoms with Gasteiger partial charge in [-0.05, 0) is 68.4 Å². The first-order chi connectivity index (χ1) is 25.0. The molecule has 1 N–H and O–H groups in total. The van der Waals surface area contributed by atoms with Crippen LogP contribution in [0.25, 0.3) is 0 Å². The SMILES string of the molecule is C=C/C=C(\C[C@H](C[C@H]1OC(C)(C)O[C@@H]1C)O[Si](c1ccccc1)(c1ccccc1)C(C)(C)C)[C@H](OC(=O)CCCCCCC)C(=O)C(C)(C)/C=C/CO. The largest absolute Gasteiger partial charge is 0.450 e. The van der Waals surface area contributed by atoms with Crippen LogP contribution in [0.4, 0.5) is 0 Å². The van der Waals surface area contributed by atoms with Gasteiger partial charge in [0.25, 0.3) is 8.32 Å². The zero-order chi connectivity index (χ0) is 39.3. The molecule has 1 aliphatic rings. The number of ketones is 1. The first-order valence-electron chi connectivity index (χ1n) is 19.5. The average Bonchev–Trinajstić information content (AvgIpc) is 3.37. The fourth-order valence-electron chi connectivity index (χ4n) is 7.43. The standard InChI is InChI=1S/C45H66O7Si/c1-11-13-14-15-22-29-40(47)49-41(42(48)44(7,8)30-23-31-46)35(24-12-2)32-36(33-39-34(3)50-45(9,10)51-39)52-53(43(4,5)6,37-25-18-16-19-26-37)38-27-20-17-21-28-38/h12,16-21,23-28,30,34,36,39,41,46H,2,11,13-15,22,29,31-33H2,1,3-10H3/b30-23+,35-24+/t34-,36-,39-,41+/m1/s1. The highest BCUT2D eigenvalue weighted by Gasteiger charge is 2.52. The van der Waals surface area contributed by atoms with Crippen LogP contribution in [0.15, 0.2) is 97.1 Å². The first kappa shape index (κ1) is 44.3. The maximum Gasteiger partial charge on any atom is 0.306 e. The van der Waals surface area contributed by atoms with Gasteiger partial charge in [0.15, 0.2) is 17.7 Å². The molecule has 1 heterocycles. The van der Waals surface area contributed by atoms with Crippen molar-refractivity contribution in [3.05, 3.63) is 97.1 Å². The Morgan fingerprint density at radius 2 is 1.53 bits per heavy atom. The maximum atomic E-state index is 14.5. The van der Waals surface area contributed by atoms with E-state index in [1.54, 1.807) is 38.2 Å². The number of ether oxygens (including phenoxy) is 3. The van der Waals surface area contributed by atoms with E-state index in [4.69, 9.17) is 18.6 Å². The van der Waals surface area contributed by atoms with Crippen molar-refractivity contribution >= 4 is 30.4 Å². The number of unbranched alkanes of at least 4 members (excludes halogenated alkanes) is 4. The number of rotatable bonds is 21. The fraction of sp³-hybridized carbons (Fsp3) is 0.556. The molecule has 0 aromatic heterocycles. The number of hydrogen-bond acceptors (Lipinski definition) is 7. The summed E-state index contributed by atoms with van der Waals surface area (Å²) in [5.41, 5.74) is -0.437. The van der Waals surface area contributed by atoms with Gasteiger partial charge in [-0.3, -0.25) is 9.59 Å². The van der Waals surface area contributed by atoms with Crippen molar-refractivity contribution in [1.29, 1.82) is 0 Å². The lowest BCUT2D eigenvalue weighted by atomic mass is 9.81. The number of benzene rings is 2. The van der Waals surface area contributed by atoms with E-state index in [1.165, 1.54) is 0 Å². The minimum absolute atomic E-state index is 0.201. The lowest BCUT2D eigenvalue weighted by Gasteiger charge is -2.46. The molecule has 3 rings (SSSR count). The van der Waals surface area contributed by atoms with Gasteiger partial charge in [-0.15, -0.1) is 0 Å². The molecule has 0 amide bonds. The number of allylic oxidation sites excluding steroid dienone is 3. The molecule has 292 valence electrons. The second kappa shape index (κ2) is 20.0. The third kappa shape index (κ3) is 12.2. The van der Waals surface area contributed by atoms with Gasteiger partial charge in [0.1, 0.15) is 0 Å². The van der Waals surface area contributed by atoms with E-state index in [0.717, 1.165) is 36.1 Å². The molecular weight excluding hydrogens is 681 g/mol. The van der Waals surface area contributed by atoms with Gasteiger partial charge in [-0.2, -0.15) is 0 Å². The summed E-state index contributed by atoms with van der Waals surface area (Å²) in [6, 6.07) is 20.9. The summed E-state index contributed by atoms with van der Waals surface area (Å²) in [6.45, 7) is 22.1. The van der Waals surface area contributed by atoms with Gasteiger partial charge >= 0.3 is 5.97 Å². The maximum absolute atomic E-state index is 14.5. The summed E-state index contributed by atoms with van der Waals surface area (Å²) >= 11 is 0. The molecule has 53 heavy (non-hydrogen) atoms. The Hall–Kier alpha value is -3.14. The van der Waals surface area contributed by atoms with Crippen molar-refractivity contribution in [1.82, 2.24) is 0 Å². The van der Waals surface area contributed by atoms with Crippen LogP contribution in [0.2, 0.25) is 5.04 Å². The Morgan fingerprint density at radius 1 is 0.943 bits per heavy atom. The van der Waals surface area contributed by atoms with Gasteiger partial charge in [0.05, 0.1) is 24.9 Å². The lowest BCUT2D eigenvalue weighted by Crippen LogP contribution is -2.68. The molecule has 1 saturated heterocycles. The number of esters is 1. The molecule has 0 bridgehead atoms. The molecule has 0 spiro atoms. The number of carbonyl (C=O) groups excluding carboxylic acids is 2. The Morgan fingerprint density at radius 3 is 2.02 bits per heavy atom. The molecule has 2 aromatic rings. The van der Waals surface area contributed by atoms with Gasteiger partial charge < -0.3 is 23.7 Å². The Balaban J connectivity index is 2.18. The van der Waals surface area contributed by atoms with Crippen LogP contribution in [0, 0.1) is 5.41 Å². The van der Waals surface area contributed by atoms with Gasteiger partial charge in [-0.25, -0.2) is 0 Å². The summed E-state index contributed by atoms with van der Waals surface area (Å²) in [4.78, 5) is 28.0. The second-order valence-corrected chi connectivity index (χ2v) is 20.7. The van der Waals surface area contributed by atoms with Crippen LogP contribution in [-0.2, 0) is 28.2 Å². The van der Waals surface area contributed by atoms with Crippen LogP contribution in [0.3, 0.4) is 0 Å². The van der Waals surface area contributed by atoms with Crippen molar-refractivity contribution in [2.75, 3.05) is 6.61 Å². The minimum Gasteiger partial charge on any atom is -0.450 e. The summed E-state index contributed by atoms with van der Waals surface area (Å²) in [5.74, 6) is -1.46. The molecule has 8 heteroatoms. The van der Waals surface area contributed by atoms with Crippen LogP contribution in [-0.4, -0.2) is 62.0 Å². The van der Waals surface area contributed by atoms with E-state index >= 15 is 0 Å². The van der Waals surface area contributed by atoms with Crippen molar-refractivity contribution < 1.29 is 33.3 Å². The predicted molar refractivity (Wildman–Crippen MR) is 218 cm³/mol. The van der Waals surface area contributed by atoms with Gasteiger partial charge in [0, 0.05) is 18.3 Å². The molecule has 1 aliphatic heterocycles. The zero-order valence-corrected chi connectivity index (χ0v) is 34.9. The summed E-state index contributed by atoms with van der Waals surface area (Å²) in [6.07, 6.45) is 10.4. The van der Waals surface area contributed by atoms with Gasteiger partial charge in [-0.1, -0.05) is 145 Å². The number of carbonyl (C=O) groups is 2. The van der Waals surface area contributed by atoms with E-state index in [2.05, 4.69) is 82.8 Å². The van der Waals surface area contributed by atoms with Crippen LogP contribution in [0.5, 0.6) is 0 Å². The summed E-state index contributed by atoms with van der Waals surface area (Å²) in [7, 11) is -3.09. The van der Waals surface area contributed by atoms with E-state index in [-0.39, 0.29) is 42.5 Å². The van der Waals surface area contributed by atoms with Crippen molar-refractivity contribution in [2.45, 2.75) is 149 Å². The van der Waals surface area contributed by atoms with Crippen LogP contribution in [0.1, 0.15) is 114 Å². The minimum atomic E-state index is -3.09.